The first-order chi connectivity index (χ1) is 7.79. The predicted molar refractivity (Wildman–Crippen MR) is 65.9 cm³/mol. The molecule has 1 rings (SSSR count). The summed E-state index contributed by atoms with van der Waals surface area (Å²) in [5.74, 6) is -1.69. The summed E-state index contributed by atoms with van der Waals surface area (Å²) in [6.45, 7) is 3.34. The van der Waals surface area contributed by atoms with Gasteiger partial charge in [0.25, 0.3) is 0 Å². The van der Waals surface area contributed by atoms with E-state index in [1.165, 1.54) is 6.07 Å². The normalized spacial score (nSPS) is 11.6. The van der Waals surface area contributed by atoms with Crippen molar-refractivity contribution in [2.45, 2.75) is 25.8 Å². The molecule has 1 N–H and O–H groups in total. The van der Waals surface area contributed by atoms with Crippen LogP contribution in [0.5, 0.6) is 0 Å². The number of Topliss-reactive ketones (excluding diaryl/α,β-unsaturated/α-hetero) is 1. The maximum Gasteiger partial charge on any atom is 0.156 e. The van der Waals surface area contributed by atoms with E-state index >= 15 is 0 Å². The highest BCUT2D eigenvalue weighted by Crippen LogP contribution is 2.23. The van der Waals surface area contributed by atoms with Crippen molar-refractivity contribution in [1.82, 2.24) is 5.32 Å². The minimum atomic E-state index is -0.804. The quantitative estimate of drug-likeness (QED) is 0.867. The van der Waals surface area contributed by atoms with E-state index in [2.05, 4.69) is 21.2 Å². The number of rotatable bonds is 4. The van der Waals surface area contributed by atoms with Crippen LogP contribution in [-0.2, 0) is 11.2 Å². The van der Waals surface area contributed by atoms with Gasteiger partial charge in [0.15, 0.2) is 5.78 Å². The van der Waals surface area contributed by atoms with Crippen molar-refractivity contribution >= 4 is 21.7 Å². The topological polar surface area (TPSA) is 29.1 Å². The Balaban J connectivity index is 3.04. The Morgan fingerprint density at radius 3 is 2.53 bits per heavy atom. The molecular formula is C12H14BrF2NO. The monoisotopic (exact) mass is 305 g/mol. The highest BCUT2D eigenvalue weighted by Gasteiger charge is 2.27. The van der Waals surface area contributed by atoms with Crippen molar-refractivity contribution in [3.8, 4) is 0 Å². The molecule has 5 heteroatoms. The minimum absolute atomic E-state index is 0.156. The number of halogens is 3. The van der Waals surface area contributed by atoms with Crippen LogP contribution in [0.15, 0.2) is 16.6 Å². The molecule has 0 heterocycles. The van der Waals surface area contributed by atoms with E-state index in [0.717, 1.165) is 6.07 Å². The summed E-state index contributed by atoms with van der Waals surface area (Å²) >= 11 is 2.97. The van der Waals surface area contributed by atoms with E-state index in [0.29, 0.717) is 0 Å². The first kappa shape index (κ1) is 14.3. The number of benzene rings is 1. The number of carbonyl (C=O) groups excluding carboxylic acids is 1. The van der Waals surface area contributed by atoms with E-state index in [1.807, 2.05) is 0 Å². The molecule has 0 atom stereocenters. The fourth-order valence-electron chi connectivity index (χ4n) is 1.25. The Hall–Kier alpha value is -0.810. The molecule has 94 valence electrons. The van der Waals surface area contributed by atoms with Crippen LogP contribution in [0.1, 0.15) is 19.4 Å². The van der Waals surface area contributed by atoms with Crippen LogP contribution in [0.4, 0.5) is 8.78 Å². The highest BCUT2D eigenvalue weighted by molar-refractivity contribution is 9.10. The first-order valence-corrected chi connectivity index (χ1v) is 5.93. The number of ketones is 1. The zero-order valence-electron chi connectivity index (χ0n) is 9.90. The van der Waals surface area contributed by atoms with Gasteiger partial charge in [-0.2, -0.15) is 0 Å². The molecule has 0 unspecified atom stereocenters. The van der Waals surface area contributed by atoms with Crippen LogP contribution in [0.25, 0.3) is 0 Å². The molecule has 0 spiro atoms. The zero-order chi connectivity index (χ0) is 13.2. The average molecular weight is 306 g/mol. The van der Waals surface area contributed by atoms with Gasteiger partial charge in [0, 0.05) is 12.0 Å². The van der Waals surface area contributed by atoms with Crippen LogP contribution in [0.3, 0.4) is 0 Å². The summed E-state index contributed by atoms with van der Waals surface area (Å²) in [7, 11) is 1.63. The summed E-state index contributed by atoms with van der Waals surface area (Å²) in [6, 6.07) is 2.42. The number of hydrogen-bond donors (Lipinski definition) is 1. The van der Waals surface area contributed by atoms with Gasteiger partial charge in [-0.1, -0.05) is 0 Å². The van der Waals surface area contributed by atoms with E-state index in [-0.39, 0.29) is 22.2 Å². The van der Waals surface area contributed by atoms with Crippen molar-refractivity contribution < 1.29 is 13.6 Å². The third-order valence-corrected chi connectivity index (χ3v) is 3.41. The Morgan fingerprint density at radius 2 is 2.00 bits per heavy atom. The van der Waals surface area contributed by atoms with Gasteiger partial charge in [-0.25, -0.2) is 8.78 Å². The summed E-state index contributed by atoms with van der Waals surface area (Å²) in [4.78, 5) is 11.9. The molecule has 0 radical (unpaired) electrons. The molecule has 0 fully saturated rings. The zero-order valence-corrected chi connectivity index (χ0v) is 11.5. The Labute approximate surface area is 108 Å². The molecule has 0 aliphatic carbocycles. The van der Waals surface area contributed by atoms with E-state index in [4.69, 9.17) is 0 Å². The van der Waals surface area contributed by atoms with Gasteiger partial charge in [0.2, 0.25) is 0 Å². The van der Waals surface area contributed by atoms with Gasteiger partial charge < -0.3 is 5.32 Å². The Morgan fingerprint density at radius 1 is 1.41 bits per heavy atom. The van der Waals surface area contributed by atoms with E-state index < -0.39 is 17.2 Å². The van der Waals surface area contributed by atoms with Gasteiger partial charge in [-0.15, -0.1) is 0 Å². The number of nitrogens with one attached hydrogen (secondary N) is 1. The summed E-state index contributed by atoms with van der Waals surface area (Å²) < 4.78 is 27.3. The molecule has 0 bridgehead atoms. The molecule has 0 aliphatic heterocycles. The second-order valence-corrected chi connectivity index (χ2v) is 5.15. The fraction of sp³-hybridized carbons (Fsp3) is 0.417. The molecule has 1 aromatic rings. The SMILES string of the molecule is CNC(C)(C)C(=O)Cc1c(F)ccc(Br)c1F. The smallest absolute Gasteiger partial charge is 0.156 e. The number of likely N-dealkylation sites (N-methyl/N-ethyl adjacent to an activating group) is 1. The lowest BCUT2D eigenvalue weighted by Crippen LogP contribution is -2.45. The Kier molecular flexibility index (Phi) is 4.38. The number of hydrogen-bond acceptors (Lipinski definition) is 2. The predicted octanol–water partition coefficient (Wildman–Crippen LogP) is 2.84. The van der Waals surface area contributed by atoms with Crippen molar-refractivity contribution in [3.05, 3.63) is 33.8 Å². The summed E-state index contributed by atoms with van der Waals surface area (Å²) in [6.07, 6.45) is -0.273. The fourth-order valence-corrected chi connectivity index (χ4v) is 1.62. The van der Waals surface area contributed by atoms with Crippen LogP contribution in [-0.4, -0.2) is 18.4 Å². The maximum atomic E-state index is 13.7. The third kappa shape index (κ3) is 3.10. The second kappa shape index (κ2) is 5.23. The summed E-state index contributed by atoms with van der Waals surface area (Å²) in [5.41, 5.74) is -1.01. The number of carbonyl (C=O) groups is 1. The first-order valence-electron chi connectivity index (χ1n) is 5.14. The molecule has 0 aliphatic rings. The maximum absolute atomic E-state index is 13.7. The summed E-state index contributed by atoms with van der Waals surface area (Å²) in [5, 5.41) is 2.81. The minimum Gasteiger partial charge on any atom is -0.308 e. The van der Waals surface area contributed by atoms with Crippen molar-refractivity contribution in [2.75, 3.05) is 7.05 Å². The molecule has 2 nitrogen and oxygen atoms in total. The largest absolute Gasteiger partial charge is 0.308 e. The van der Waals surface area contributed by atoms with E-state index in [9.17, 15) is 13.6 Å². The molecule has 0 saturated heterocycles. The Bertz CT molecular complexity index is 446. The molecule has 0 amide bonds. The lowest BCUT2D eigenvalue weighted by Gasteiger charge is -2.22. The molecule has 17 heavy (non-hydrogen) atoms. The molecule has 0 aromatic heterocycles. The van der Waals surface area contributed by atoms with Crippen molar-refractivity contribution in [2.24, 2.45) is 0 Å². The lowest BCUT2D eigenvalue weighted by atomic mass is 9.93. The highest BCUT2D eigenvalue weighted by atomic mass is 79.9. The van der Waals surface area contributed by atoms with Crippen LogP contribution in [0, 0.1) is 11.6 Å². The van der Waals surface area contributed by atoms with Gasteiger partial charge in [0.1, 0.15) is 11.6 Å². The van der Waals surface area contributed by atoms with Crippen molar-refractivity contribution in [3.63, 3.8) is 0 Å². The van der Waals surface area contributed by atoms with Crippen LogP contribution >= 0.6 is 15.9 Å². The van der Waals surface area contributed by atoms with Gasteiger partial charge >= 0.3 is 0 Å². The van der Waals surface area contributed by atoms with Crippen LogP contribution in [0.2, 0.25) is 0 Å². The molecule has 0 saturated carbocycles. The molecular weight excluding hydrogens is 292 g/mol. The molecule has 1 aromatic carbocycles. The third-order valence-electron chi connectivity index (χ3n) is 2.80. The standard InChI is InChI=1S/C12H14BrF2NO/c1-12(2,16-3)10(17)6-7-9(14)5-4-8(13)11(7)15/h4-5,16H,6H2,1-3H3. The van der Waals surface area contributed by atoms with Gasteiger partial charge in [-0.05, 0) is 49.0 Å². The van der Waals surface area contributed by atoms with E-state index in [1.54, 1.807) is 20.9 Å². The second-order valence-electron chi connectivity index (χ2n) is 4.30. The van der Waals surface area contributed by atoms with Crippen LogP contribution < -0.4 is 5.32 Å². The lowest BCUT2D eigenvalue weighted by molar-refractivity contribution is -0.123. The average Bonchev–Trinajstić information content (AvgIpc) is 2.29. The van der Waals surface area contributed by atoms with Gasteiger partial charge in [0.05, 0.1) is 10.0 Å². The van der Waals surface area contributed by atoms with Gasteiger partial charge in [-0.3, -0.25) is 4.79 Å². The van der Waals surface area contributed by atoms with Crippen molar-refractivity contribution in [1.29, 1.82) is 0 Å².